The molecule has 5 heteroatoms. The molecule has 0 unspecified atom stereocenters. The molecule has 1 N–H and O–H groups in total. The molecule has 2 aromatic rings. The molecule has 0 saturated heterocycles. The second-order valence-corrected chi connectivity index (χ2v) is 3.41. The molecule has 0 amide bonds. The van der Waals surface area contributed by atoms with E-state index < -0.39 is 11.6 Å². The topological polar surface area (TPSA) is 38.0 Å². The van der Waals surface area contributed by atoms with Gasteiger partial charge in [-0.3, -0.25) is 4.68 Å². The highest BCUT2D eigenvalue weighted by molar-refractivity contribution is 5.65. The van der Waals surface area contributed by atoms with Crippen molar-refractivity contribution >= 4 is 0 Å². The van der Waals surface area contributed by atoms with E-state index in [0.717, 1.165) is 6.07 Å². The van der Waals surface area contributed by atoms with Gasteiger partial charge in [0.05, 0.1) is 18.5 Å². The molecule has 3 nitrogen and oxygen atoms in total. The van der Waals surface area contributed by atoms with E-state index in [1.165, 1.54) is 23.0 Å². The summed E-state index contributed by atoms with van der Waals surface area (Å²) < 4.78 is 27.7. The lowest BCUT2D eigenvalue weighted by atomic mass is 10.1. The van der Waals surface area contributed by atoms with Gasteiger partial charge in [-0.15, -0.1) is 0 Å². The van der Waals surface area contributed by atoms with Crippen LogP contribution in [0.2, 0.25) is 0 Å². The fourth-order valence-corrected chi connectivity index (χ4v) is 1.58. The minimum atomic E-state index is -0.664. The lowest BCUT2D eigenvalue weighted by Gasteiger charge is -2.04. The number of halogens is 2. The molecule has 0 fully saturated rings. The van der Waals surface area contributed by atoms with Gasteiger partial charge in [0.1, 0.15) is 11.6 Å². The van der Waals surface area contributed by atoms with Crippen LogP contribution in [0.1, 0.15) is 5.69 Å². The fourth-order valence-electron chi connectivity index (χ4n) is 1.58. The number of hydrogen-bond acceptors (Lipinski definition) is 2. The van der Waals surface area contributed by atoms with Crippen molar-refractivity contribution in [3.05, 3.63) is 41.7 Å². The lowest BCUT2D eigenvalue weighted by molar-refractivity contribution is 0.271. The third-order valence-electron chi connectivity index (χ3n) is 2.43. The van der Waals surface area contributed by atoms with Gasteiger partial charge in [-0.1, -0.05) is 0 Å². The number of aliphatic hydroxyl groups is 1. The molecule has 0 aliphatic carbocycles. The van der Waals surface area contributed by atoms with Crippen molar-refractivity contribution in [2.24, 2.45) is 7.05 Å². The molecule has 0 spiro atoms. The maximum Gasteiger partial charge on any atom is 0.134 e. The molecule has 1 heterocycles. The predicted molar refractivity (Wildman–Crippen MR) is 54.5 cm³/mol. The van der Waals surface area contributed by atoms with Crippen molar-refractivity contribution in [2.75, 3.05) is 0 Å². The van der Waals surface area contributed by atoms with Gasteiger partial charge in [-0.25, -0.2) is 8.78 Å². The van der Waals surface area contributed by atoms with Gasteiger partial charge in [-0.2, -0.15) is 5.10 Å². The van der Waals surface area contributed by atoms with E-state index >= 15 is 0 Å². The Hall–Kier alpha value is -1.75. The van der Waals surface area contributed by atoms with E-state index in [9.17, 15) is 8.78 Å². The van der Waals surface area contributed by atoms with E-state index in [-0.39, 0.29) is 12.2 Å². The van der Waals surface area contributed by atoms with E-state index in [4.69, 9.17) is 5.11 Å². The van der Waals surface area contributed by atoms with E-state index in [2.05, 4.69) is 5.10 Å². The number of hydrogen-bond donors (Lipinski definition) is 1. The molecule has 0 saturated carbocycles. The summed E-state index contributed by atoms with van der Waals surface area (Å²) in [6.07, 6.45) is 1.45. The summed E-state index contributed by atoms with van der Waals surface area (Å²) in [4.78, 5) is 0. The zero-order chi connectivity index (χ0) is 11.7. The molecular formula is C11H10F2N2O. The Morgan fingerprint density at radius 3 is 2.69 bits per heavy atom. The average molecular weight is 224 g/mol. The number of benzene rings is 1. The van der Waals surface area contributed by atoms with Crippen molar-refractivity contribution in [3.8, 4) is 11.1 Å². The molecule has 0 bridgehead atoms. The summed E-state index contributed by atoms with van der Waals surface area (Å²) in [7, 11) is 1.65. The highest BCUT2D eigenvalue weighted by atomic mass is 19.1. The van der Waals surface area contributed by atoms with Gasteiger partial charge in [0.25, 0.3) is 0 Å². The van der Waals surface area contributed by atoms with Gasteiger partial charge in [0, 0.05) is 24.2 Å². The van der Waals surface area contributed by atoms with Crippen molar-refractivity contribution in [3.63, 3.8) is 0 Å². The normalized spacial score (nSPS) is 10.8. The number of rotatable bonds is 2. The summed E-state index contributed by atoms with van der Waals surface area (Å²) in [6.45, 7) is -0.247. The van der Waals surface area contributed by atoms with Crippen molar-refractivity contribution < 1.29 is 13.9 Å². The van der Waals surface area contributed by atoms with Crippen LogP contribution in [0.5, 0.6) is 0 Å². The SMILES string of the molecule is Cn1ncc(-c2ccc(F)cc2F)c1CO. The fraction of sp³-hybridized carbons (Fsp3) is 0.182. The third-order valence-corrected chi connectivity index (χ3v) is 2.43. The first-order chi connectivity index (χ1) is 7.63. The summed E-state index contributed by atoms with van der Waals surface area (Å²) >= 11 is 0. The highest BCUT2D eigenvalue weighted by Gasteiger charge is 2.13. The Labute approximate surface area is 91.0 Å². The summed E-state index contributed by atoms with van der Waals surface area (Å²) in [5, 5.41) is 13.1. The molecule has 0 aliphatic heterocycles. The zero-order valence-electron chi connectivity index (χ0n) is 8.61. The third kappa shape index (κ3) is 1.69. The van der Waals surface area contributed by atoms with Crippen LogP contribution >= 0.6 is 0 Å². The summed E-state index contributed by atoms with van der Waals surface area (Å²) in [5.74, 6) is -1.29. The molecule has 1 aromatic carbocycles. The lowest BCUT2D eigenvalue weighted by Crippen LogP contribution is -1.99. The Morgan fingerprint density at radius 2 is 2.06 bits per heavy atom. The van der Waals surface area contributed by atoms with Gasteiger partial charge >= 0.3 is 0 Å². The largest absolute Gasteiger partial charge is 0.390 e. The van der Waals surface area contributed by atoms with Crippen LogP contribution < -0.4 is 0 Å². The molecule has 1 aromatic heterocycles. The number of nitrogens with zero attached hydrogens (tertiary/aromatic N) is 2. The minimum Gasteiger partial charge on any atom is -0.390 e. The average Bonchev–Trinajstić information content (AvgIpc) is 2.59. The monoisotopic (exact) mass is 224 g/mol. The summed E-state index contributed by atoms with van der Waals surface area (Å²) in [5.41, 5.74) is 1.20. The van der Waals surface area contributed by atoms with Crippen LogP contribution in [0.3, 0.4) is 0 Å². The molecule has 0 atom stereocenters. The van der Waals surface area contributed by atoms with Crippen molar-refractivity contribution in [1.29, 1.82) is 0 Å². The Morgan fingerprint density at radius 1 is 1.31 bits per heavy atom. The Bertz CT molecular complexity index is 523. The van der Waals surface area contributed by atoms with Crippen molar-refractivity contribution in [2.45, 2.75) is 6.61 Å². The van der Waals surface area contributed by atoms with Crippen LogP contribution in [0.25, 0.3) is 11.1 Å². The smallest absolute Gasteiger partial charge is 0.134 e. The summed E-state index contributed by atoms with van der Waals surface area (Å²) in [6, 6.07) is 3.32. The molecule has 0 aliphatic rings. The molecular weight excluding hydrogens is 214 g/mol. The second-order valence-electron chi connectivity index (χ2n) is 3.41. The van der Waals surface area contributed by atoms with Crippen LogP contribution in [0.4, 0.5) is 8.78 Å². The highest BCUT2D eigenvalue weighted by Crippen LogP contribution is 2.26. The quantitative estimate of drug-likeness (QED) is 0.845. The van der Waals surface area contributed by atoms with Gasteiger partial charge in [0.15, 0.2) is 0 Å². The van der Waals surface area contributed by atoms with Crippen LogP contribution in [0.15, 0.2) is 24.4 Å². The Balaban J connectivity index is 2.58. The molecule has 2 rings (SSSR count). The van der Waals surface area contributed by atoms with E-state index in [1.807, 2.05) is 0 Å². The maximum absolute atomic E-state index is 13.5. The van der Waals surface area contributed by atoms with Gasteiger partial charge < -0.3 is 5.11 Å². The molecule has 0 radical (unpaired) electrons. The standard InChI is InChI=1S/C11H10F2N2O/c1-15-11(6-16)9(5-14-15)8-3-2-7(12)4-10(8)13/h2-5,16H,6H2,1H3. The maximum atomic E-state index is 13.5. The second kappa shape index (κ2) is 4.02. The minimum absolute atomic E-state index is 0.235. The first kappa shape index (κ1) is 10.8. The Kier molecular flexibility index (Phi) is 2.70. The predicted octanol–water partition coefficient (Wildman–Crippen LogP) is 1.86. The number of aromatic nitrogens is 2. The zero-order valence-corrected chi connectivity index (χ0v) is 8.61. The molecule has 16 heavy (non-hydrogen) atoms. The van der Waals surface area contributed by atoms with E-state index in [1.54, 1.807) is 7.05 Å². The van der Waals surface area contributed by atoms with Crippen LogP contribution in [-0.2, 0) is 13.7 Å². The first-order valence-electron chi connectivity index (χ1n) is 4.70. The van der Waals surface area contributed by atoms with E-state index in [0.29, 0.717) is 11.3 Å². The number of aryl methyl sites for hydroxylation is 1. The van der Waals surface area contributed by atoms with Crippen LogP contribution in [-0.4, -0.2) is 14.9 Å². The number of aliphatic hydroxyl groups excluding tert-OH is 1. The van der Waals surface area contributed by atoms with Crippen molar-refractivity contribution in [1.82, 2.24) is 9.78 Å². The van der Waals surface area contributed by atoms with Crippen LogP contribution in [0, 0.1) is 11.6 Å². The van der Waals surface area contributed by atoms with Gasteiger partial charge in [0.2, 0.25) is 0 Å². The molecule has 84 valence electrons. The first-order valence-corrected chi connectivity index (χ1v) is 4.70. The van der Waals surface area contributed by atoms with Gasteiger partial charge in [-0.05, 0) is 12.1 Å².